The first-order valence-corrected chi connectivity index (χ1v) is 10.1. The standard InChI is InChI=1S/C19H23N3O3S/c1-4-14-7-5-6-13(2)18(14)21-26(24,25)16-8-9-17-15(12-16)10-11-22(17)19(23)20-3/h5-9,12,21H,4,10-11H2,1-3H3,(H,20,23). The second-order valence-corrected chi connectivity index (χ2v) is 8.00. The molecule has 0 atom stereocenters. The van der Waals surface area contributed by atoms with Crippen LogP contribution in [0, 0.1) is 6.92 Å². The van der Waals surface area contributed by atoms with E-state index in [1.807, 2.05) is 32.0 Å². The smallest absolute Gasteiger partial charge is 0.321 e. The Balaban J connectivity index is 1.94. The van der Waals surface area contributed by atoms with Gasteiger partial charge in [0.05, 0.1) is 10.6 Å². The third kappa shape index (κ3) is 3.26. The number of hydrogen-bond acceptors (Lipinski definition) is 3. The number of para-hydroxylation sites is 1. The molecule has 2 amide bonds. The fraction of sp³-hybridized carbons (Fsp3) is 0.316. The third-order valence-electron chi connectivity index (χ3n) is 4.69. The SMILES string of the molecule is CCc1cccc(C)c1NS(=O)(=O)c1ccc2c(c1)CCN2C(=O)NC. The molecular formula is C19H23N3O3S. The molecule has 2 N–H and O–H groups in total. The van der Waals surface area contributed by atoms with E-state index in [2.05, 4.69) is 10.0 Å². The monoisotopic (exact) mass is 373 g/mol. The topological polar surface area (TPSA) is 78.5 Å². The predicted molar refractivity (Wildman–Crippen MR) is 103 cm³/mol. The molecule has 0 aromatic heterocycles. The lowest BCUT2D eigenvalue weighted by Gasteiger charge is -2.17. The average Bonchev–Trinajstić information content (AvgIpc) is 3.06. The second kappa shape index (κ2) is 6.99. The molecule has 0 saturated heterocycles. The number of carbonyl (C=O) groups excluding carboxylic acids is 1. The van der Waals surface area contributed by atoms with E-state index in [0.29, 0.717) is 18.7 Å². The van der Waals surface area contributed by atoms with Gasteiger partial charge in [-0.25, -0.2) is 13.2 Å². The van der Waals surface area contributed by atoms with Crippen LogP contribution in [0.5, 0.6) is 0 Å². The van der Waals surface area contributed by atoms with Crippen LogP contribution >= 0.6 is 0 Å². The summed E-state index contributed by atoms with van der Waals surface area (Å²) < 4.78 is 28.5. The van der Waals surface area contributed by atoms with E-state index in [9.17, 15) is 13.2 Å². The molecule has 0 fully saturated rings. The van der Waals surface area contributed by atoms with Gasteiger partial charge in [0.1, 0.15) is 0 Å². The molecule has 0 unspecified atom stereocenters. The van der Waals surface area contributed by atoms with Gasteiger partial charge in [0.15, 0.2) is 0 Å². The number of aryl methyl sites for hydroxylation is 2. The van der Waals surface area contributed by atoms with Crippen molar-refractivity contribution in [3.63, 3.8) is 0 Å². The van der Waals surface area contributed by atoms with E-state index < -0.39 is 10.0 Å². The van der Waals surface area contributed by atoms with Gasteiger partial charge >= 0.3 is 6.03 Å². The molecule has 1 heterocycles. The first-order valence-electron chi connectivity index (χ1n) is 8.61. The summed E-state index contributed by atoms with van der Waals surface area (Å²) in [6.45, 7) is 4.43. The quantitative estimate of drug-likeness (QED) is 0.864. The van der Waals surface area contributed by atoms with Crippen molar-refractivity contribution in [1.82, 2.24) is 5.32 Å². The summed E-state index contributed by atoms with van der Waals surface area (Å²) in [5, 5.41) is 2.60. The van der Waals surface area contributed by atoms with Crippen molar-refractivity contribution in [1.29, 1.82) is 0 Å². The Morgan fingerprint density at radius 3 is 2.69 bits per heavy atom. The zero-order valence-corrected chi connectivity index (χ0v) is 16.0. The predicted octanol–water partition coefficient (Wildman–Crippen LogP) is 3.06. The van der Waals surface area contributed by atoms with Crippen molar-refractivity contribution in [3.05, 3.63) is 53.1 Å². The number of amides is 2. The van der Waals surface area contributed by atoms with Gasteiger partial charge in [-0.3, -0.25) is 9.62 Å². The number of benzene rings is 2. The largest absolute Gasteiger partial charge is 0.341 e. The molecule has 1 aliphatic heterocycles. The highest BCUT2D eigenvalue weighted by atomic mass is 32.2. The Morgan fingerprint density at radius 2 is 2.00 bits per heavy atom. The number of anilines is 2. The highest BCUT2D eigenvalue weighted by Gasteiger charge is 2.26. The van der Waals surface area contributed by atoms with Gasteiger partial charge < -0.3 is 5.32 Å². The van der Waals surface area contributed by atoms with Crippen molar-refractivity contribution in [3.8, 4) is 0 Å². The number of sulfonamides is 1. The molecule has 0 spiro atoms. The van der Waals surface area contributed by atoms with Crippen molar-refractivity contribution in [2.24, 2.45) is 0 Å². The maximum absolute atomic E-state index is 12.9. The van der Waals surface area contributed by atoms with Crippen molar-refractivity contribution in [2.45, 2.75) is 31.6 Å². The highest BCUT2D eigenvalue weighted by molar-refractivity contribution is 7.92. The van der Waals surface area contributed by atoms with E-state index in [-0.39, 0.29) is 10.9 Å². The number of nitrogens with zero attached hydrogens (tertiary/aromatic N) is 1. The molecule has 0 aliphatic carbocycles. The normalized spacial score (nSPS) is 13.4. The lowest BCUT2D eigenvalue weighted by atomic mass is 10.1. The van der Waals surface area contributed by atoms with E-state index >= 15 is 0 Å². The Labute approximate surface area is 154 Å². The molecule has 1 aliphatic rings. The van der Waals surface area contributed by atoms with Gasteiger partial charge in [0.2, 0.25) is 0 Å². The average molecular weight is 373 g/mol. The van der Waals surface area contributed by atoms with Crippen molar-refractivity contribution in [2.75, 3.05) is 23.2 Å². The van der Waals surface area contributed by atoms with E-state index in [4.69, 9.17) is 0 Å². The molecule has 0 bridgehead atoms. The molecule has 7 heteroatoms. The lowest BCUT2D eigenvalue weighted by molar-refractivity contribution is 0.248. The van der Waals surface area contributed by atoms with Gasteiger partial charge in [-0.15, -0.1) is 0 Å². The summed E-state index contributed by atoms with van der Waals surface area (Å²) in [6.07, 6.45) is 1.38. The van der Waals surface area contributed by atoms with E-state index in [0.717, 1.165) is 28.8 Å². The fourth-order valence-electron chi connectivity index (χ4n) is 3.25. The number of hydrogen-bond donors (Lipinski definition) is 2. The summed E-state index contributed by atoms with van der Waals surface area (Å²) >= 11 is 0. The summed E-state index contributed by atoms with van der Waals surface area (Å²) in [7, 11) is -2.12. The minimum absolute atomic E-state index is 0.190. The highest BCUT2D eigenvalue weighted by Crippen LogP contribution is 2.31. The Hall–Kier alpha value is -2.54. The van der Waals surface area contributed by atoms with E-state index in [1.165, 1.54) is 0 Å². The summed E-state index contributed by atoms with van der Waals surface area (Å²) in [5.41, 5.74) is 4.10. The number of urea groups is 1. The van der Waals surface area contributed by atoms with Gasteiger partial charge in [0, 0.05) is 19.3 Å². The van der Waals surface area contributed by atoms with Gasteiger partial charge in [-0.1, -0.05) is 25.1 Å². The molecule has 2 aromatic rings. The van der Waals surface area contributed by atoms with Gasteiger partial charge in [-0.05, 0) is 54.7 Å². The maximum atomic E-state index is 12.9. The zero-order valence-electron chi connectivity index (χ0n) is 15.2. The minimum Gasteiger partial charge on any atom is -0.341 e. The molecule has 26 heavy (non-hydrogen) atoms. The summed E-state index contributed by atoms with van der Waals surface area (Å²) in [6, 6.07) is 10.5. The Bertz CT molecular complexity index is 954. The summed E-state index contributed by atoms with van der Waals surface area (Å²) in [5.74, 6) is 0. The van der Waals surface area contributed by atoms with Crippen molar-refractivity contribution >= 4 is 27.4 Å². The molecule has 0 saturated carbocycles. The van der Waals surface area contributed by atoms with Crippen molar-refractivity contribution < 1.29 is 13.2 Å². The lowest BCUT2D eigenvalue weighted by Crippen LogP contribution is -2.36. The van der Waals surface area contributed by atoms with Gasteiger partial charge in [-0.2, -0.15) is 0 Å². The molecule has 0 radical (unpaired) electrons. The molecular weight excluding hydrogens is 350 g/mol. The number of carbonyl (C=O) groups is 1. The van der Waals surface area contributed by atoms with Crippen LogP contribution in [0.25, 0.3) is 0 Å². The van der Waals surface area contributed by atoms with E-state index in [1.54, 1.807) is 30.1 Å². The Morgan fingerprint density at radius 1 is 1.23 bits per heavy atom. The first kappa shape index (κ1) is 18.3. The van der Waals surface area contributed by atoms with Crippen LogP contribution in [0.3, 0.4) is 0 Å². The van der Waals surface area contributed by atoms with Crippen LogP contribution in [0.15, 0.2) is 41.3 Å². The Kier molecular flexibility index (Phi) is 4.91. The van der Waals surface area contributed by atoms with Crippen LogP contribution in [0.4, 0.5) is 16.2 Å². The molecule has 2 aromatic carbocycles. The van der Waals surface area contributed by atoms with Crippen LogP contribution in [0.1, 0.15) is 23.6 Å². The fourth-order valence-corrected chi connectivity index (χ4v) is 4.48. The molecule has 138 valence electrons. The zero-order chi connectivity index (χ0) is 18.9. The van der Waals surface area contributed by atoms with Crippen LogP contribution in [-0.4, -0.2) is 28.0 Å². The van der Waals surface area contributed by atoms with Crippen LogP contribution < -0.4 is 14.9 Å². The van der Waals surface area contributed by atoms with Crippen LogP contribution in [-0.2, 0) is 22.9 Å². The second-order valence-electron chi connectivity index (χ2n) is 6.32. The first-order chi connectivity index (χ1) is 12.4. The molecule has 3 rings (SSSR count). The minimum atomic E-state index is -3.70. The maximum Gasteiger partial charge on any atom is 0.321 e. The molecule has 6 nitrogen and oxygen atoms in total. The van der Waals surface area contributed by atoms with Gasteiger partial charge in [0.25, 0.3) is 10.0 Å². The summed E-state index contributed by atoms with van der Waals surface area (Å²) in [4.78, 5) is 13.7. The number of fused-ring (bicyclic) bond motifs is 1. The van der Waals surface area contributed by atoms with Crippen LogP contribution in [0.2, 0.25) is 0 Å². The number of rotatable bonds is 4. The number of nitrogens with one attached hydrogen (secondary N) is 2. The third-order valence-corrected chi connectivity index (χ3v) is 6.04.